The maximum Gasteiger partial charge on any atom is 0.123 e. The van der Waals surface area contributed by atoms with E-state index in [-0.39, 0.29) is 11.9 Å². The summed E-state index contributed by atoms with van der Waals surface area (Å²) in [6, 6.07) is 6.82. The lowest BCUT2D eigenvalue weighted by molar-refractivity contribution is 0.0426. The minimum absolute atomic E-state index is 0.192. The molecular weight excluding hydrogens is 271 g/mol. The number of aliphatic hydroxyl groups excluding tert-OH is 1. The normalized spacial score (nSPS) is 14.4. The Morgan fingerprint density at radius 1 is 1.33 bits per heavy atom. The molecule has 1 aromatic rings. The van der Waals surface area contributed by atoms with Gasteiger partial charge >= 0.3 is 0 Å². The number of nitrogens with zero attached hydrogens (tertiary/aromatic N) is 1. The molecule has 0 aromatic heterocycles. The maximum atomic E-state index is 13.0. The average molecular weight is 298 g/mol. The predicted octanol–water partition coefficient (Wildman–Crippen LogP) is 1.81. The highest BCUT2D eigenvalue weighted by atomic mass is 19.1. The van der Waals surface area contributed by atoms with E-state index in [1.165, 1.54) is 12.1 Å². The molecule has 2 unspecified atom stereocenters. The quantitative estimate of drug-likeness (QED) is 0.691. The van der Waals surface area contributed by atoms with Crippen LogP contribution >= 0.6 is 0 Å². The van der Waals surface area contributed by atoms with Crippen molar-refractivity contribution in [1.29, 1.82) is 0 Å². The zero-order valence-corrected chi connectivity index (χ0v) is 13.2. The summed E-state index contributed by atoms with van der Waals surface area (Å²) < 4.78 is 17.9. The van der Waals surface area contributed by atoms with Gasteiger partial charge in [-0.1, -0.05) is 19.1 Å². The van der Waals surface area contributed by atoms with Gasteiger partial charge in [0, 0.05) is 19.7 Å². The molecule has 0 aliphatic heterocycles. The van der Waals surface area contributed by atoms with Crippen molar-refractivity contribution in [2.45, 2.75) is 25.5 Å². The zero-order valence-electron chi connectivity index (χ0n) is 13.2. The topological polar surface area (TPSA) is 44.7 Å². The van der Waals surface area contributed by atoms with Crippen molar-refractivity contribution in [2.24, 2.45) is 0 Å². The second-order valence-electron chi connectivity index (χ2n) is 5.32. The number of aliphatic hydroxyl groups is 1. The van der Waals surface area contributed by atoms with Gasteiger partial charge in [0.1, 0.15) is 5.82 Å². The van der Waals surface area contributed by atoms with E-state index in [2.05, 4.69) is 17.1 Å². The fourth-order valence-corrected chi connectivity index (χ4v) is 2.37. The third-order valence-corrected chi connectivity index (χ3v) is 3.40. The molecule has 0 saturated heterocycles. The molecule has 2 N–H and O–H groups in total. The van der Waals surface area contributed by atoms with Crippen LogP contribution < -0.4 is 5.32 Å². The van der Waals surface area contributed by atoms with Gasteiger partial charge in [0.2, 0.25) is 0 Å². The number of hydrogen-bond donors (Lipinski definition) is 2. The molecule has 1 aromatic carbocycles. The Morgan fingerprint density at radius 3 is 2.57 bits per heavy atom. The van der Waals surface area contributed by atoms with Gasteiger partial charge in [-0.15, -0.1) is 0 Å². The largest absolute Gasteiger partial charge is 0.389 e. The number of ether oxygens (including phenoxy) is 1. The summed E-state index contributed by atoms with van der Waals surface area (Å²) in [7, 11) is 3.56. The van der Waals surface area contributed by atoms with Crippen LogP contribution in [0.15, 0.2) is 24.3 Å². The molecule has 0 amide bonds. The summed E-state index contributed by atoms with van der Waals surface area (Å²) >= 11 is 0. The van der Waals surface area contributed by atoms with Gasteiger partial charge in [-0.05, 0) is 44.3 Å². The monoisotopic (exact) mass is 298 g/mol. The highest BCUT2D eigenvalue weighted by molar-refractivity contribution is 5.19. The van der Waals surface area contributed by atoms with Crippen LogP contribution in [0.5, 0.6) is 0 Å². The standard InChI is InChI=1S/C16H27FN2O2/c1-4-18-16(13-5-7-14(17)8-6-13)9-10-19(2)11-15(20)12-21-3/h5-8,15-16,18,20H,4,9-12H2,1-3H3. The SMILES string of the molecule is CCNC(CCN(C)CC(O)COC)c1ccc(F)cc1. The number of methoxy groups -OCH3 is 1. The van der Waals surface area contributed by atoms with Crippen molar-refractivity contribution in [2.75, 3.05) is 40.4 Å². The summed E-state index contributed by atoms with van der Waals surface area (Å²) in [5.41, 5.74) is 1.09. The van der Waals surface area contributed by atoms with Crippen molar-refractivity contribution >= 4 is 0 Å². The first-order valence-electron chi connectivity index (χ1n) is 7.41. The van der Waals surface area contributed by atoms with E-state index in [0.29, 0.717) is 13.2 Å². The second-order valence-corrected chi connectivity index (χ2v) is 5.32. The molecule has 0 radical (unpaired) electrons. The van der Waals surface area contributed by atoms with Crippen molar-refractivity contribution in [3.63, 3.8) is 0 Å². The van der Waals surface area contributed by atoms with Crippen LogP contribution in [0, 0.1) is 5.82 Å². The fourth-order valence-electron chi connectivity index (χ4n) is 2.37. The van der Waals surface area contributed by atoms with E-state index in [4.69, 9.17) is 4.74 Å². The number of likely N-dealkylation sites (N-methyl/N-ethyl adjacent to an activating group) is 1. The van der Waals surface area contributed by atoms with E-state index in [1.54, 1.807) is 7.11 Å². The van der Waals surface area contributed by atoms with Crippen LogP contribution in [-0.4, -0.2) is 56.5 Å². The van der Waals surface area contributed by atoms with Crippen LogP contribution in [0.25, 0.3) is 0 Å². The molecule has 2 atom stereocenters. The summed E-state index contributed by atoms with van der Waals surface area (Å²) in [6.45, 7) is 4.69. The van der Waals surface area contributed by atoms with Gasteiger partial charge in [-0.2, -0.15) is 0 Å². The van der Waals surface area contributed by atoms with Crippen LogP contribution in [0.2, 0.25) is 0 Å². The molecule has 1 rings (SSSR count). The average Bonchev–Trinajstić information content (AvgIpc) is 2.44. The van der Waals surface area contributed by atoms with E-state index in [1.807, 2.05) is 19.2 Å². The van der Waals surface area contributed by atoms with Gasteiger partial charge in [0.15, 0.2) is 0 Å². The number of rotatable bonds is 10. The highest BCUT2D eigenvalue weighted by Crippen LogP contribution is 2.17. The van der Waals surface area contributed by atoms with Crippen LogP contribution in [0.4, 0.5) is 4.39 Å². The van der Waals surface area contributed by atoms with E-state index >= 15 is 0 Å². The lowest BCUT2D eigenvalue weighted by Gasteiger charge is -2.24. The van der Waals surface area contributed by atoms with Crippen molar-refractivity contribution in [3.05, 3.63) is 35.6 Å². The first-order chi connectivity index (χ1) is 10.1. The molecular formula is C16H27FN2O2. The Hall–Kier alpha value is -1.01. The third kappa shape index (κ3) is 7.00. The molecule has 0 aliphatic carbocycles. The predicted molar refractivity (Wildman–Crippen MR) is 82.8 cm³/mol. The highest BCUT2D eigenvalue weighted by Gasteiger charge is 2.13. The summed E-state index contributed by atoms with van der Waals surface area (Å²) in [6.07, 6.45) is 0.429. The number of benzene rings is 1. The van der Waals surface area contributed by atoms with E-state index in [9.17, 15) is 9.50 Å². The lowest BCUT2D eigenvalue weighted by Crippen LogP contribution is -2.34. The molecule has 120 valence electrons. The molecule has 0 spiro atoms. The van der Waals surface area contributed by atoms with E-state index < -0.39 is 6.10 Å². The lowest BCUT2D eigenvalue weighted by atomic mass is 10.0. The molecule has 0 fully saturated rings. The number of halogens is 1. The van der Waals surface area contributed by atoms with Crippen LogP contribution in [-0.2, 0) is 4.74 Å². The summed E-state index contributed by atoms with van der Waals surface area (Å²) in [5.74, 6) is -0.214. The van der Waals surface area contributed by atoms with Gasteiger partial charge < -0.3 is 20.1 Å². The van der Waals surface area contributed by atoms with Gasteiger partial charge in [0.05, 0.1) is 12.7 Å². The minimum Gasteiger partial charge on any atom is -0.389 e. The molecule has 5 heteroatoms. The Kier molecular flexibility index (Phi) is 8.45. The van der Waals surface area contributed by atoms with Crippen LogP contribution in [0.3, 0.4) is 0 Å². The van der Waals surface area contributed by atoms with Gasteiger partial charge in [0.25, 0.3) is 0 Å². The first kappa shape index (κ1) is 18.0. The Morgan fingerprint density at radius 2 is 2.00 bits per heavy atom. The first-order valence-corrected chi connectivity index (χ1v) is 7.41. The molecule has 4 nitrogen and oxygen atoms in total. The number of nitrogens with one attached hydrogen (secondary N) is 1. The molecule has 0 heterocycles. The molecule has 0 bridgehead atoms. The second kappa shape index (κ2) is 9.84. The Balaban J connectivity index is 2.49. The zero-order chi connectivity index (χ0) is 15.7. The number of hydrogen-bond acceptors (Lipinski definition) is 4. The smallest absolute Gasteiger partial charge is 0.123 e. The molecule has 21 heavy (non-hydrogen) atoms. The van der Waals surface area contributed by atoms with Gasteiger partial charge in [-0.25, -0.2) is 4.39 Å². The van der Waals surface area contributed by atoms with Crippen LogP contribution in [0.1, 0.15) is 24.9 Å². The Labute approximate surface area is 126 Å². The minimum atomic E-state index is -0.469. The van der Waals surface area contributed by atoms with Crippen molar-refractivity contribution in [1.82, 2.24) is 10.2 Å². The fraction of sp³-hybridized carbons (Fsp3) is 0.625. The van der Waals surface area contributed by atoms with E-state index in [0.717, 1.165) is 25.1 Å². The molecule has 0 saturated carbocycles. The van der Waals surface area contributed by atoms with Crippen molar-refractivity contribution in [3.8, 4) is 0 Å². The summed E-state index contributed by atoms with van der Waals surface area (Å²) in [4.78, 5) is 2.08. The van der Waals surface area contributed by atoms with Gasteiger partial charge in [-0.3, -0.25) is 0 Å². The molecule has 0 aliphatic rings. The van der Waals surface area contributed by atoms with Crippen molar-refractivity contribution < 1.29 is 14.2 Å². The Bertz CT molecular complexity index is 386. The summed E-state index contributed by atoms with van der Waals surface area (Å²) in [5, 5.41) is 13.1. The maximum absolute atomic E-state index is 13.0. The third-order valence-electron chi connectivity index (χ3n) is 3.40.